The average molecular weight is 583 g/mol. The predicted molar refractivity (Wildman–Crippen MR) is 165 cm³/mol. The van der Waals surface area contributed by atoms with Gasteiger partial charge in [-0.3, -0.25) is 14.6 Å². The van der Waals surface area contributed by atoms with E-state index >= 15 is 0 Å². The number of nitrogens with zero attached hydrogens (tertiary/aromatic N) is 5. The van der Waals surface area contributed by atoms with Crippen LogP contribution in [0, 0.1) is 0 Å². The van der Waals surface area contributed by atoms with Gasteiger partial charge in [0.2, 0.25) is 11.8 Å². The molecule has 10 nitrogen and oxygen atoms in total. The molecule has 0 radical (unpaired) electrons. The van der Waals surface area contributed by atoms with Crippen molar-refractivity contribution in [1.82, 2.24) is 25.1 Å². The van der Waals surface area contributed by atoms with Crippen molar-refractivity contribution in [2.24, 2.45) is 0 Å². The fourth-order valence-electron chi connectivity index (χ4n) is 5.82. The highest BCUT2D eigenvalue weighted by molar-refractivity contribution is 5.92. The van der Waals surface area contributed by atoms with E-state index in [1.807, 2.05) is 73.6 Å². The van der Waals surface area contributed by atoms with Gasteiger partial charge in [0.1, 0.15) is 18.0 Å². The van der Waals surface area contributed by atoms with Crippen LogP contribution in [0.2, 0.25) is 0 Å². The monoisotopic (exact) mass is 582 g/mol. The van der Waals surface area contributed by atoms with E-state index in [0.717, 1.165) is 22.4 Å². The number of aromatic hydroxyl groups is 1. The Bertz CT molecular complexity index is 1460. The number of hydrazine groups is 1. The Hall–Kier alpha value is -4.83. The topological polar surface area (TPSA) is 99.7 Å². The number of benzene rings is 3. The molecule has 4 amide bonds. The van der Waals surface area contributed by atoms with Crippen molar-refractivity contribution in [2.75, 3.05) is 38.6 Å². The van der Waals surface area contributed by atoms with Crippen LogP contribution in [-0.4, -0.2) is 88.7 Å². The molecule has 2 aliphatic rings. The van der Waals surface area contributed by atoms with Crippen LogP contribution in [-0.2, 0) is 29.1 Å². The minimum absolute atomic E-state index is 0.0429. The lowest BCUT2D eigenvalue weighted by atomic mass is 9.99. The SMILES string of the molecule is C=CCN(C(=O)NCc1ccccc1)N1CC(=O)N2[C@@H](Cc3ccc(O)cc3)C(=O)N(Cc3ccccc3N(C)C)C[C@@H]21. The maximum absolute atomic E-state index is 14.1. The van der Waals surface area contributed by atoms with Gasteiger partial charge >= 0.3 is 6.03 Å². The van der Waals surface area contributed by atoms with E-state index < -0.39 is 12.2 Å². The van der Waals surface area contributed by atoms with Gasteiger partial charge in [-0.1, -0.05) is 66.7 Å². The summed E-state index contributed by atoms with van der Waals surface area (Å²) in [4.78, 5) is 46.7. The number of phenols is 1. The summed E-state index contributed by atoms with van der Waals surface area (Å²) in [6.45, 7) is 4.92. The highest BCUT2D eigenvalue weighted by Crippen LogP contribution is 2.31. The van der Waals surface area contributed by atoms with Gasteiger partial charge in [0, 0.05) is 39.3 Å². The zero-order valence-corrected chi connectivity index (χ0v) is 24.6. The van der Waals surface area contributed by atoms with Crippen LogP contribution in [0.15, 0.2) is 91.5 Å². The molecule has 2 N–H and O–H groups in total. The second kappa shape index (κ2) is 13.0. The lowest BCUT2D eigenvalue weighted by Gasteiger charge is -2.46. The number of hydrogen-bond acceptors (Lipinski definition) is 6. The zero-order valence-electron chi connectivity index (χ0n) is 24.6. The summed E-state index contributed by atoms with van der Waals surface area (Å²) in [5, 5.41) is 16.0. The minimum Gasteiger partial charge on any atom is -0.508 e. The average Bonchev–Trinajstić information content (AvgIpc) is 3.33. The highest BCUT2D eigenvalue weighted by atomic mass is 16.3. The van der Waals surface area contributed by atoms with Crippen molar-refractivity contribution in [1.29, 1.82) is 0 Å². The van der Waals surface area contributed by atoms with Crippen LogP contribution in [0.3, 0.4) is 0 Å². The molecule has 3 aromatic rings. The molecular weight excluding hydrogens is 544 g/mol. The number of phenolic OH excluding ortho intramolecular Hbond substituents is 1. The molecule has 2 aliphatic heterocycles. The molecular formula is C33H38N6O4. The lowest BCUT2D eigenvalue weighted by molar-refractivity contribution is -0.157. The van der Waals surface area contributed by atoms with Gasteiger partial charge in [-0.05, 0) is 34.9 Å². The fraction of sp³-hybridized carbons (Fsp3) is 0.303. The second-order valence-corrected chi connectivity index (χ2v) is 11.0. The number of piperazine rings is 1. The number of hydrogen-bond donors (Lipinski definition) is 2. The predicted octanol–water partition coefficient (Wildman–Crippen LogP) is 3.19. The number of nitrogens with one attached hydrogen (secondary N) is 1. The quantitative estimate of drug-likeness (QED) is 0.357. The van der Waals surface area contributed by atoms with Gasteiger partial charge in [-0.15, -0.1) is 6.58 Å². The van der Waals surface area contributed by atoms with E-state index in [2.05, 4.69) is 11.9 Å². The zero-order chi connectivity index (χ0) is 30.5. The normalized spacial score (nSPS) is 18.4. The minimum atomic E-state index is -0.773. The first-order chi connectivity index (χ1) is 20.8. The van der Waals surface area contributed by atoms with Gasteiger partial charge in [0.15, 0.2) is 0 Å². The van der Waals surface area contributed by atoms with Gasteiger partial charge in [-0.25, -0.2) is 4.79 Å². The molecule has 43 heavy (non-hydrogen) atoms. The van der Waals surface area contributed by atoms with E-state index in [1.165, 1.54) is 5.01 Å². The third kappa shape index (κ3) is 6.49. The van der Waals surface area contributed by atoms with Crippen LogP contribution in [0.4, 0.5) is 10.5 Å². The van der Waals surface area contributed by atoms with Crippen molar-refractivity contribution >= 4 is 23.5 Å². The summed E-state index contributed by atoms with van der Waals surface area (Å²) < 4.78 is 0. The van der Waals surface area contributed by atoms with Crippen LogP contribution in [0.1, 0.15) is 16.7 Å². The standard InChI is InChI=1S/C33H38N6O4/c1-4-18-37(33(43)34-20-25-10-6-5-7-11-25)38-23-31(41)39-29(19-24-14-16-27(40)17-15-24)32(42)36(22-30(38)39)21-26-12-8-9-13-28(26)35(2)3/h4-17,29-30,40H,1,18-23H2,2-3H3,(H,34,43)/t29-,30+/m0/s1. The summed E-state index contributed by atoms with van der Waals surface area (Å²) in [6, 6.07) is 23.1. The molecule has 2 atom stereocenters. The number of rotatable bonds is 10. The summed E-state index contributed by atoms with van der Waals surface area (Å²) in [7, 11) is 3.93. The summed E-state index contributed by atoms with van der Waals surface area (Å²) >= 11 is 0. The van der Waals surface area contributed by atoms with Crippen molar-refractivity contribution in [3.8, 4) is 5.75 Å². The van der Waals surface area contributed by atoms with E-state index in [1.54, 1.807) is 45.2 Å². The second-order valence-electron chi connectivity index (χ2n) is 11.0. The summed E-state index contributed by atoms with van der Waals surface area (Å²) in [6.07, 6.45) is 1.35. The molecule has 0 aromatic heterocycles. The first-order valence-electron chi connectivity index (χ1n) is 14.4. The van der Waals surface area contributed by atoms with E-state index in [9.17, 15) is 19.5 Å². The molecule has 0 bridgehead atoms. The molecule has 3 aromatic carbocycles. The molecule has 10 heteroatoms. The molecule has 0 saturated carbocycles. The van der Waals surface area contributed by atoms with E-state index in [4.69, 9.17) is 0 Å². The van der Waals surface area contributed by atoms with Gasteiger partial charge < -0.3 is 25.1 Å². The van der Waals surface area contributed by atoms with Crippen molar-refractivity contribution in [3.63, 3.8) is 0 Å². The Kier molecular flexibility index (Phi) is 8.96. The number of urea groups is 1. The number of fused-ring (bicyclic) bond motifs is 1. The molecule has 2 heterocycles. The molecule has 0 unspecified atom stereocenters. The van der Waals surface area contributed by atoms with E-state index in [-0.39, 0.29) is 49.7 Å². The Labute approximate surface area is 252 Å². The number of carbonyl (C=O) groups excluding carboxylic acids is 3. The maximum Gasteiger partial charge on any atom is 0.332 e. The first-order valence-corrected chi connectivity index (χ1v) is 14.4. The lowest BCUT2D eigenvalue weighted by Crippen LogP contribution is -2.66. The summed E-state index contributed by atoms with van der Waals surface area (Å²) in [5.41, 5.74) is 3.76. The Morgan fingerprint density at radius 1 is 1.00 bits per heavy atom. The number of para-hydroxylation sites is 1. The third-order valence-corrected chi connectivity index (χ3v) is 7.90. The number of carbonyl (C=O) groups is 3. The third-order valence-electron chi connectivity index (χ3n) is 7.90. The molecule has 224 valence electrons. The fourth-order valence-corrected chi connectivity index (χ4v) is 5.82. The smallest absolute Gasteiger partial charge is 0.332 e. The highest BCUT2D eigenvalue weighted by Gasteiger charge is 2.52. The van der Waals surface area contributed by atoms with Crippen LogP contribution in [0.25, 0.3) is 0 Å². The molecule has 2 fully saturated rings. The molecule has 0 spiro atoms. The maximum atomic E-state index is 14.1. The van der Waals surface area contributed by atoms with Crippen LogP contribution >= 0.6 is 0 Å². The largest absolute Gasteiger partial charge is 0.508 e. The van der Waals surface area contributed by atoms with Crippen molar-refractivity contribution < 1.29 is 19.5 Å². The van der Waals surface area contributed by atoms with Crippen molar-refractivity contribution in [2.45, 2.75) is 31.7 Å². The Balaban J connectivity index is 1.46. The first kappa shape index (κ1) is 29.7. The van der Waals surface area contributed by atoms with Gasteiger partial charge in [0.05, 0.1) is 19.6 Å². The molecule has 0 aliphatic carbocycles. The number of anilines is 1. The summed E-state index contributed by atoms with van der Waals surface area (Å²) in [5.74, 6) is -0.249. The van der Waals surface area contributed by atoms with E-state index in [0.29, 0.717) is 13.1 Å². The van der Waals surface area contributed by atoms with Crippen LogP contribution < -0.4 is 10.2 Å². The molecule has 5 rings (SSSR count). The molecule has 2 saturated heterocycles. The van der Waals surface area contributed by atoms with Crippen molar-refractivity contribution in [3.05, 3.63) is 108 Å². The van der Waals surface area contributed by atoms with Gasteiger partial charge in [0.25, 0.3) is 0 Å². The van der Waals surface area contributed by atoms with Gasteiger partial charge in [-0.2, -0.15) is 5.01 Å². The Morgan fingerprint density at radius 2 is 1.70 bits per heavy atom. The Morgan fingerprint density at radius 3 is 2.40 bits per heavy atom. The number of amides is 4. The van der Waals surface area contributed by atoms with Crippen LogP contribution in [0.5, 0.6) is 5.75 Å².